The summed E-state index contributed by atoms with van der Waals surface area (Å²) in [6.45, 7) is 17.3. The number of halogens is 1. The minimum absolute atomic E-state index is 0.0487. The van der Waals surface area contributed by atoms with Gasteiger partial charge in [0.25, 0.3) is 5.91 Å². The molecule has 3 saturated heterocycles. The largest absolute Gasteiger partial charge is 0.396 e. The van der Waals surface area contributed by atoms with E-state index in [9.17, 15) is 19.5 Å². The molecule has 0 aliphatic carbocycles. The van der Waals surface area contributed by atoms with E-state index in [1.807, 2.05) is 32.9 Å². The highest BCUT2D eigenvalue weighted by molar-refractivity contribution is 6.34. The Morgan fingerprint density at radius 1 is 1.16 bits per heavy atom. The van der Waals surface area contributed by atoms with Crippen LogP contribution in [0.3, 0.4) is 0 Å². The quantitative estimate of drug-likeness (QED) is 0.218. The third kappa shape index (κ3) is 5.67. The van der Waals surface area contributed by atoms with E-state index in [1.165, 1.54) is 0 Å². The molecule has 1 N–H and O–H groups in total. The number of rotatable bonds is 15. The van der Waals surface area contributed by atoms with Gasteiger partial charge in [-0.1, -0.05) is 62.6 Å². The summed E-state index contributed by atoms with van der Waals surface area (Å²) in [5, 5.41) is 9.68. The zero-order valence-electron chi connectivity index (χ0n) is 26.2. The van der Waals surface area contributed by atoms with Gasteiger partial charge in [0.15, 0.2) is 0 Å². The van der Waals surface area contributed by atoms with Gasteiger partial charge in [-0.25, -0.2) is 0 Å². The molecule has 0 saturated carbocycles. The van der Waals surface area contributed by atoms with Gasteiger partial charge in [0.2, 0.25) is 11.8 Å². The monoisotopic (exact) mass is 613 g/mol. The van der Waals surface area contributed by atoms with Gasteiger partial charge >= 0.3 is 0 Å². The molecule has 6 atom stereocenters. The van der Waals surface area contributed by atoms with Crippen molar-refractivity contribution in [1.29, 1.82) is 0 Å². The average Bonchev–Trinajstić information content (AvgIpc) is 3.48. The van der Waals surface area contributed by atoms with Gasteiger partial charge in [0.05, 0.1) is 28.1 Å². The molecular formula is C34H48ClN3O5. The van der Waals surface area contributed by atoms with Crippen LogP contribution in [-0.4, -0.2) is 82.7 Å². The van der Waals surface area contributed by atoms with Gasteiger partial charge in [-0.2, -0.15) is 0 Å². The van der Waals surface area contributed by atoms with E-state index in [1.54, 1.807) is 32.9 Å². The number of carbonyl (C=O) groups is 3. The Hall–Kier alpha value is -2.68. The van der Waals surface area contributed by atoms with E-state index < -0.39 is 29.1 Å². The van der Waals surface area contributed by atoms with Crippen LogP contribution in [-0.2, 0) is 19.1 Å². The fourth-order valence-electron chi connectivity index (χ4n) is 7.83. The Kier molecular flexibility index (Phi) is 10.5. The minimum atomic E-state index is -1.14. The second kappa shape index (κ2) is 13.5. The van der Waals surface area contributed by atoms with Gasteiger partial charge in [0, 0.05) is 32.8 Å². The summed E-state index contributed by atoms with van der Waals surface area (Å²) in [5.41, 5.74) is -0.612. The van der Waals surface area contributed by atoms with Crippen molar-refractivity contribution in [2.24, 2.45) is 17.8 Å². The number of carbonyl (C=O) groups excluding carboxylic acids is 3. The van der Waals surface area contributed by atoms with Crippen molar-refractivity contribution in [3.8, 4) is 0 Å². The van der Waals surface area contributed by atoms with Crippen molar-refractivity contribution in [1.82, 2.24) is 9.80 Å². The predicted octanol–water partition coefficient (Wildman–Crippen LogP) is 5.16. The molecule has 4 rings (SSSR count). The zero-order valence-corrected chi connectivity index (χ0v) is 26.9. The van der Waals surface area contributed by atoms with Crippen molar-refractivity contribution in [2.75, 3.05) is 37.7 Å². The average molecular weight is 614 g/mol. The molecule has 1 aromatic rings. The first-order valence-electron chi connectivity index (χ1n) is 15.7. The number of aryl methyl sites for hydroxylation is 1. The van der Waals surface area contributed by atoms with Crippen LogP contribution in [0.4, 0.5) is 5.69 Å². The third-order valence-corrected chi connectivity index (χ3v) is 10.1. The number of benzene rings is 1. The predicted molar refractivity (Wildman–Crippen MR) is 170 cm³/mol. The third-order valence-electron chi connectivity index (χ3n) is 9.81. The summed E-state index contributed by atoms with van der Waals surface area (Å²) >= 11 is 6.68. The molecule has 236 valence electrons. The van der Waals surface area contributed by atoms with Crippen LogP contribution < -0.4 is 4.90 Å². The van der Waals surface area contributed by atoms with Crippen LogP contribution >= 0.6 is 11.6 Å². The number of ether oxygens (including phenoxy) is 1. The van der Waals surface area contributed by atoms with Crippen molar-refractivity contribution in [3.63, 3.8) is 0 Å². The lowest BCUT2D eigenvalue weighted by Crippen LogP contribution is -2.57. The molecule has 1 spiro atoms. The molecule has 43 heavy (non-hydrogen) atoms. The molecule has 0 aromatic heterocycles. The molecular weight excluding hydrogens is 566 g/mol. The van der Waals surface area contributed by atoms with Crippen molar-refractivity contribution in [2.45, 2.75) is 83.5 Å². The fraction of sp³-hybridized carbons (Fsp3) is 0.618. The van der Waals surface area contributed by atoms with Crippen molar-refractivity contribution >= 4 is 35.0 Å². The first-order valence-corrected chi connectivity index (χ1v) is 16.1. The Morgan fingerprint density at radius 3 is 2.49 bits per heavy atom. The second-order valence-corrected chi connectivity index (χ2v) is 13.0. The second-order valence-electron chi connectivity index (χ2n) is 12.6. The summed E-state index contributed by atoms with van der Waals surface area (Å²) < 4.78 is 6.95. The van der Waals surface area contributed by atoms with E-state index in [0.29, 0.717) is 49.6 Å². The standard InChI is InChI=1S/C34H48ClN3O5/c1-7-17-36(18-8-2)30(40)26-27-31(41)38(20-12-10-11-13-21-39)29(34(27)22-24(5)33(26,6)43-34)32(42)37(19-9-3)28-23(4)15-14-16-25(28)35/h7,9,14-16,24,26-27,29,39H,1,3,8,10-13,17-22H2,2,4-6H3/t24?,26-,27-,29?,33+,34?/m0/s1. The van der Waals surface area contributed by atoms with Crippen LogP contribution in [0.1, 0.15) is 64.9 Å². The summed E-state index contributed by atoms with van der Waals surface area (Å²) in [7, 11) is 0. The highest BCUT2D eigenvalue weighted by atomic mass is 35.5. The molecule has 2 bridgehead atoms. The van der Waals surface area contributed by atoms with Crippen LogP contribution in [0, 0.1) is 24.7 Å². The fourth-order valence-corrected chi connectivity index (χ4v) is 8.15. The van der Waals surface area contributed by atoms with Gasteiger partial charge in [-0.15, -0.1) is 13.2 Å². The molecule has 3 unspecified atom stereocenters. The van der Waals surface area contributed by atoms with Crippen LogP contribution in [0.15, 0.2) is 43.5 Å². The zero-order chi connectivity index (χ0) is 31.5. The van der Waals surface area contributed by atoms with Gasteiger partial charge < -0.3 is 24.5 Å². The maximum Gasteiger partial charge on any atom is 0.253 e. The van der Waals surface area contributed by atoms with Crippen molar-refractivity contribution < 1.29 is 24.2 Å². The number of anilines is 1. The highest BCUT2D eigenvalue weighted by Gasteiger charge is 2.80. The molecule has 3 aliphatic rings. The van der Waals surface area contributed by atoms with E-state index in [4.69, 9.17) is 16.3 Å². The van der Waals surface area contributed by atoms with E-state index >= 15 is 0 Å². The summed E-state index contributed by atoms with van der Waals surface area (Å²) in [6.07, 6.45) is 7.65. The first-order chi connectivity index (χ1) is 20.5. The number of unbranched alkanes of at least 4 members (excludes halogenated alkanes) is 3. The number of hydrogen-bond acceptors (Lipinski definition) is 5. The number of nitrogens with zero attached hydrogens (tertiary/aromatic N) is 3. The van der Waals surface area contributed by atoms with Crippen LogP contribution in [0.2, 0.25) is 5.02 Å². The molecule has 3 aliphatic heterocycles. The lowest BCUT2D eigenvalue weighted by Gasteiger charge is -2.39. The van der Waals surface area contributed by atoms with Crippen LogP contribution in [0.5, 0.6) is 0 Å². The smallest absolute Gasteiger partial charge is 0.253 e. The van der Waals surface area contributed by atoms with E-state index in [0.717, 1.165) is 24.8 Å². The van der Waals surface area contributed by atoms with Crippen LogP contribution in [0.25, 0.3) is 0 Å². The molecule has 3 fully saturated rings. The Bertz CT molecular complexity index is 1220. The Morgan fingerprint density at radius 2 is 1.86 bits per heavy atom. The Labute approximate surface area is 261 Å². The number of hydrogen-bond donors (Lipinski definition) is 1. The van der Waals surface area contributed by atoms with Gasteiger partial charge in [-0.05, 0) is 57.1 Å². The minimum Gasteiger partial charge on any atom is -0.396 e. The maximum atomic E-state index is 14.9. The maximum absolute atomic E-state index is 14.9. The highest BCUT2D eigenvalue weighted by Crippen LogP contribution is 2.65. The SMILES string of the molecule is C=CCN(CCC)C(=O)[C@@H]1[C@H]2C(=O)N(CCCCCCO)C(C(=O)N(CC=C)c3c(C)cccc3Cl)C23CC(C)[C@@]1(C)O3. The number of aliphatic hydroxyl groups excluding tert-OH is 1. The topological polar surface area (TPSA) is 90.4 Å². The number of amides is 3. The van der Waals surface area contributed by atoms with Crippen molar-refractivity contribution in [3.05, 3.63) is 54.1 Å². The van der Waals surface area contributed by atoms with E-state index in [-0.39, 0.29) is 36.8 Å². The number of aliphatic hydroxyl groups is 1. The molecule has 0 radical (unpaired) electrons. The number of para-hydroxylation sites is 1. The Balaban J connectivity index is 1.82. The lowest BCUT2D eigenvalue weighted by molar-refractivity contribution is -0.151. The lowest BCUT2D eigenvalue weighted by atomic mass is 9.62. The van der Waals surface area contributed by atoms with E-state index in [2.05, 4.69) is 20.1 Å². The number of likely N-dealkylation sites (tertiary alicyclic amines) is 1. The first kappa shape index (κ1) is 33.2. The number of fused-ring (bicyclic) bond motifs is 1. The summed E-state index contributed by atoms with van der Waals surface area (Å²) in [4.78, 5) is 48.8. The van der Waals surface area contributed by atoms with Gasteiger partial charge in [-0.3, -0.25) is 14.4 Å². The molecule has 3 heterocycles. The molecule has 8 nitrogen and oxygen atoms in total. The molecule has 1 aromatic carbocycles. The summed E-state index contributed by atoms with van der Waals surface area (Å²) in [6, 6.07) is 4.59. The normalized spacial score (nSPS) is 29.1. The molecule has 3 amide bonds. The molecule has 9 heteroatoms. The van der Waals surface area contributed by atoms with Gasteiger partial charge in [0.1, 0.15) is 11.6 Å². The summed E-state index contributed by atoms with van der Waals surface area (Å²) in [5.74, 6) is -2.11.